The molecule has 1 aliphatic rings. The first-order valence-corrected chi connectivity index (χ1v) is 8.18. The van der Waals surface area contributed by atoms with Gasteiger partial charge < -0.3 is 4.74 Å². The summed E-state index contributed by atoms with van der Waals surface area (Å²) in [6, 6.07) is 5.71. The highest BCUT2D eigenvalue weighted by molar-refractivity contribution is 7.89. The van der Waals surface area contributed by atoms with Gasteiger partial charge in [0.1, 0.15) is 6.04 Å². The molecule has 0 aliphatic carbocycles. The second-order valence-electron chi connectivity index (χ2n) is 5.11. The largest absolute Gasteiger partial charge is 0.467 e. The average Bonchev–Trinajstić information content (AvgIpc) is 2.46. The minimum Gasteiger partial charge on any atom is -0.467 e. The van der Waals surface area contributed by atoms with Crippen molar-refractivity contribution in [2.45, 2.75) is 37.1 Å². The Morgan fingerprint density at radius 3 is 2.52 bits per heavy atom. The van der Waals surface area contributed by atoms with Gasteiger partial charge in [-0.1, -0.05) is 24.3 Å². The molecule has 0 spiro atoms. The quantitative estimate of drug-likeness (QED) is 0.803. The topological polar surface area (TPSA) is 63.7 Å². The van der Waals surface area contributed by atoms with Crippen LogP contribution in [-0.2, 0) is 19.6 Å². The normalized spacial score (nSPS) is 19.4. The maximum Gasteiger partial charge on any atom is 0.329 e. The van der Waals surface area contributed by atoms with Crippen molar-refractivity contribution in [3.05, 3.63) is 42.1 Å². The van der Waals surface area contributed by atoms with Crippen LogP contribution in [0.5, 0.6) is 0 Å². The van der Waals surface area contributed by atoms with Crippen LogP contribution in [0.1, 0.15) is 24.8 Å². The van der Waals surface area contributed by atoms with Crippen LogP contribution in [0.25, 0.3) is 0 Å². The number of rotatable bonds is 3. The van der Waals surface area contributed by atoms with Gasteiger partial charge >= 0.3 is 5.97 Å². The van der Waals surface area contributed by atoms with Crippen LogP contribution in [0.15, 0.2) is 41.4 Å². The van der Waals surface area contributed by atoms with Gasteiger partial charge in [-0.3, -0.25) is 4.31 Å². The van der Waals surface area contributed by atoms with E-state index in [2.05, 4.69) is 6.58 Å². The standard InChI is InChI=1S/C15H19NO4S/c1-11-7-9-13(10-8-11)21(18,19)16-12(2)5-4-6-14(16)15(17)20-3/h7-10,14H,2,4-6H2,1,3H3/t14-/m1/s1. The van der Waals surface area contributed by atoms with Crippen molar-refractivity contribution in [3.63, 3.8) is 0 Å². The summed E-state index contributed by atoms with van der Waals surface area (Å²) in [6.07, 6.45) is 1.72. The highest BCUT2D eigenvalue weighted by Crippen LogP contribution is 2.32. The summed E-state index contributed by atoms with van der Waals surface area (Å²) >= 11 is 0. The number of hydrogen-bond donors (Lipinski definition) is 0. The first kappa shape index (κ1) is 15.6. The highest BCUT2D eigenvalue weighted by Gasteiger charge is 2.39. The smallest absolute Gasteiger partial charge is 0.329 e. The molecule has 1 aliphatic heterocycles. The molecule has 0 N–H and O–H groups in total. The average molecular weight is 309 g/mol. The van der Waals surface area contributed by atoms with E-state index in [4.69, 9.17) is 4.74 Å². The Bertz CT molecular complexity index is 649. The zero-order valence-electron chi connectivity index (χ0n) is 12.2. The number of hydrogen-bond acceptors (Lipinski definition) is 4. The lowest BCUT2D eigenvalue weighted by Crippen LogP contribution is -2.46. The van der Waals surface area contributed by atoms with Crippen LogP contribution in [0, 0.1) is 6.92 Å². The maximum absolute atomic E-state index is 12.8. The van der Waals surface area contributed by atoms with E-state index in [9.17, 15) is 13.2 Å². The molecule has 0 saturated carbocycles. The van der Waals surface area contributed by atoms with Gasteiger partial charge in [0.2, 0.25) is 0 Å². The Morgan fingerprint density at radius 2 is 1.95 bits per heavy atom. The molecule has 0 bridgehead atoms. The molecule has 2 rings (SSSR count). The second-order valence-corrected chi connectivity index (χ2v) is 6.93. The van der Waals surface area contributed by atoms with Crippen LogP contribution in [0.4, 0.5) is 0 Å². The zero-order valence-corrected chi connectivity index (χ0v) is 13.0. The number of carbonyl (C=O) groups is 1. The third-order valence-electron chi connectivity index (χ3n) is 3.59. The number of sulfonamides is 1. The number of ether oxygens (including phenoxy) is 1. The molecule has 1 fully saturated rings. The Balaban J connectivity index is 2.45. The van der Waals surface area contributed by atoms with E-state index >= 15 is 0 Å². The van der Waals surface area contributed by atoms with E-state index in [1.165, 1.54) is 7.11 Å². The van der Waals surface area contributed by atoms with Gasteiger partial charge in [-0.25, -0.2) is 13.2 Å². The third kappa shape index (κ3) is 2.95. The number of benzene rings is 1. The van der Waals surface area contributed by atoms with E-state index in [0.717, 1.165) is 16.3 Å². The fraction of sp³-hybridized carbons (Fsp3) is 0.400. The van der Waals surface area contributed by atoms with Crippen molar-refractivity contribution in [3.8, 4) is 0 Å². The summed E-state index contributed by atoms with van der Waals surface area (Å²) in [5.74, 6) is -0.550. The second kappa shape index (κ2) is 5.89. The van der Waals surface area contributed by atoms with Gasteiger partial charge in [0.15, 0.2) is 0 Å². The summed E-state index contributed by atoms with van der Waals surface area (Å²) < 4.78 is 31.4. The molecule has 114 valence electrons. The van der Waals surface area contributed by atoms with Crippen LogP contribution in [0.2, 0.25) is 0 Å². The summed E-state index contributed by atoms with van der Waals surface area (Å²) in [4.78, 5) is 12.0. The first-order valence-electron chi connectivity index (χ1n) is 6.74. The predicted molar refractivity (Wildman–Crippen MR) is 79.0 cm³/mol. The van der Waals surface area contributed by atoms with Crippen molar-refractivity contribution in [1.82, 2.24) is 4.31 Å². The molecule has 1 atom stereocenters. The number of esters is 1. The minimum atomic E-state index is -3.80. The van der Waals surface area contributed by atoms with Gasteiger partial charge in [0, 0.05) is 5.70 Å². The number of methoxy groups -OCH3 is 1. The Kier molecular flexibility index (Phi) is 4.37. The molecular weight excluding hydrogens is 290 g/mol. The fourth-order valence-electron chi connectivity index (χ4n) is 2.46. The minimum absolute atomic E-state index is 0.157. The SMILES string of the molecule is C=C1CCC[C@H](C(=O)OC)N1S(=O)(=O)c1ccc(C)cc1. The lowest BCUT2D eigenvalue weighted by Gasteiger charge is -2.36. The van der Waals surface area contributed by atoms with E-state index in [0.29, 0.717) is 18.5 Å². The van der Waals surface area contributed by atoms with Crippen molar-refractivity contribution in [2.75, 3.05) is 7.11 Å². The Hall–Kier alpha value is -1.82. The predicted octanol–water partition coefficient (Wildman–Crippen LogP) is 2.22. The summed E-state index contributed by atoms with van der Waals surface area (Å²) in [5.41, 5.74) is 1.40. The lowest BCUT2D eigenvalue weighted by atomic mass is 10.0. The third-order valence-corrected chi connectivity index (χ3v) is 5.49. The van der Waals surface area contributed by atoms with Gasteiger partial charge in [-0.05, 0) is 38.3 Å². The Labute approximate surface area is 125 Å². The molecule has 1 aromatic carbocycles. The molecule has 1 heterocycles. The molecule has 0 unspecified atom stereocenters. The molecule has 0 radical (unpaired) electrons. The summed E-state index contributed by atoms with van der Waals surface area (Å²) in [7, 11) is -2.54. The molecule has 21 heavy (non-hydrogen) atoms. The lowest BCUT2D eigenvalue weighted by molar-refractivity contribution is -0.145. The van der Waals surface area contributed by atoms with Crippen molar-refractivity contribution in [1.29, 1.82) is 0 Å². The number of aryl methyl sites for hydroxylation is 1. The number of carbonyl (C=O) groups excluding carboxylic acids is 1. The zero-order chi connectivity index (χ0) is 15.6. The van der Waals surface area contributed by atoms with Crippen molar-refractivity contribution >= 4 is 16.0 Å². The van der Waals surface area contributed by atoms with E-state index in [1.807, 2.05) is 6.92 Å². The number of nitrogens with zero attached hydrogens (tertiary/aromatic N) is 1. The van der Waals surface area contributed by atoms with Gasteiger partial charge in [-0.15, -0.1) is 0 Å². The monoisotopic (exact) mass is 309 g/mol. The van der Waals surface area contributed by atoms with Crippen molar-refractivity contribution < 1.29 is 17.9 Å². The number of allylic oxidation sites excluding steroid dienone is 1. The molecule has 1 aromatic rings. The maximum atomic E-state index is 12.8. The van der Waals surface area contributed by atoms with Gasteiger partial charge in [0.05, 0.1) is 12.0 Å². The van der Waals surface area contributed by atoms with Gasteiger partial charge in [-0.2, -0.15) is 0 Å². The van der Waals surface area contributed by atoms with Gasteiger partial charge in [0.25, 0.3) is 10.0 Å². The summed E-state index contributed by atoms with van der Waals surface area (Å²) in [5, 5.41) is 0. The molecular formula is C15H19NO4S. The fourth-order valence-corrected chi connectivity index (χ4v) is 4.12. The van der Waals surface area contributed by atoms with Crippen LogP contribution >= 0.6 is 0 Å². The summed E-state index contributed by atoms with van der Waals surface area (Å²) in [6.45, 7) is 5.69. The molecule has 0 aromatic heterocycles. The molecule has 0 amide bonds. The molecule has 6 heteroatoms. The van der Waals surface area contributed by atoms with E-state index in [1.54, 1.807) is 24.3 Å². The highest BCUT2D eigenvalue weighted by atomic mass is 32.2. The van der Waals surface area contributed by atoms with Crippen LogP contribution in [-0.4, -0.2) is 31.8 Å². The Morgan fingerprint density at radius 1 is 1.33 bits per heavy atom. The first-order chi connectivity index (χ1) is 9.87. The van der Waals surface area contributed by atoms with Crippen LogP contribution < -0.4 is 0 Å². The van der Waals surface area contributed by atoms with E-state index < -0.39 is 22.0 Å². The number of piperidine rings is 1. The van der Waals surface area contributed by atoms with Crippen LogP contribution in [0.3, 0.4) is 0 Å². The molecule has 1 saturated heterocycles. The van der Waals surface area contributed by atoms with E-state index in [-0.39, 0.29) is 4.90 Å². The molecule has 5 nitrogen and oxygen atoms in total. The van der Waals surface area contributed by atoms with Crippen molar-refractivity contribution in [2.24, 2.45) is 0 Å².